The Balaban J connectivity index is 1.76. The van der Waals surface area contributed by atoms with E-state index in [1.54, 1.807) is 29.2 Å². The van der Waals surface area contributed by atoms with E-state index in [1.807, 2.05) is 0 Å². The van der Waals surface area contributed by atoms with Crippen molar-refractivity contribution in [2.75, 3.05) is 0 Å². The highest BCUT2D eigenvalue weighted by molar-refractivity contribution is 6.32. The monoisotopic (exact) mass is 374 g/mol. The van der Waals surface area contributed by atoms with Gasteiger partial charge >= 0.3 is 0 Å². The Morgan fingerprint density at radius 3 is 2.69 bits per heavy atom. The molecule has 0 saturated heterocycles. The molecular formula is C19H16ClFN2O3. The van der Waals surface area contributed by atoms with Crippen molar-refractivity contribution in [3.63, 3.8) is 0 Å². The summed E-state index contributed by atoms with van der Waals surface area (Å²) in [6.07, 6.45) is 4.63. The van der Waals surface area contributed by atoms with Crippen LogP contribution < -0.4 is 0 Å². The third-order valence-electron chi connectivity index (χ3n) is 4.15. The van der Waals surface area contributed by atoms with Crippen molar-refractivity contribution in [2.45, 2.75) is 25.4 Å². The number of nitrogens with zero attached hydrogens (tertiary/aromatic N) is 2. The summed E-state index contributed by atoms with van der Waals surface area (Å²) < 4.78 is 13.9. The molecule has 0 spiro atoms. The summed E-state index contributed by atoms with van der Waals surface area (Å²) in [5.41, 5.74) is 0.742. The molecule has 26 heavy (non-hydrogen) atoms. The standard InChI is InChI=1S/C19H16ClFN2O3/c20-16-9-5-13(11-18(16)23(25)26)6-10-19(24)22(15-7-8-15)12-14-3-1-2-4-17(14)21/h1-6,9-11,15H,7-8,12H2/b10-6+. The average Bonchev–Trinajstić information content (AvgIpc) is 3.44. The molecule has 0 N–H and O–H groups in total. The van der Waals surface area contributed by atoms with E-state index in [0.29, 0.717) is 11.1 Å². The fraction of sp³-hybridized carbons (Fsp3) is 0.211. The minimum absolute atomic E-state index is 0.0395. The van der Waals surface area contributed by atoms with Crippen molar-refractivity contribution in [2.24, 2.45) is 0 Å². The second kappa shape index (κ2) is 7.66. The quantitative estimate of drug-likeness (QED) is 0.422. The first-order valence-electron chi connectivity index (χ1n) is 8.11. The molecule has 134 valence electrons. The molecule has 2 aromatic carbocycles. The fourth-order valence-electron chi connectivity index (χ4n) is 2.62. The lowest BCUT2D eigenvalue weighted by Gasteiger charge is -2.21. The van der Waals surface area contributed by atoms with E-state index >= 15 is 0 Å². The fourth-order valence-corrected chi connectivity index (χ4v) is 2.81. The normalized spacial score (nSPS) is 13.8. The summed E-state index contributed by atoms with van der Waals surface area (Å²) in [7, 11) is 0. The van der Waals surface area contributed by atoms with E-state index in [9.17, 15) is 19.3 Å². The van der Waals surface area contributed by atoms with Crippen molar-refractivity contribution < 1.29 is 14.1 Å². The topological polar surface area (TPSA) is 63.4 Å². The van der Waals surface area contributed by atoms with Gasteiger partial charge in [0.2, 0.25) is 5.91 Å². The molecule has 7 heteroatoms. The number of hydrogen-bond acceptors (Lipinski definition) is 3. The van der Waals surface area contributed by atoms with Crippen molar-refractivity contribution in [3.05, 3.63) is 80.6 Å². The van der Waals surface area contributed by atoms with Gasteiger partial charge in [-0.15, -0.1) is 0 Å². The Labute approximate surface area is 154 Å². The molecule has 1 amide bonds. The highest BCUT2D eigenvalue weighted by atomic mass is 35.5. The van der Waals surface area contributed by atoms with Gasteiger partial charge < -0.3 is 4.90 Å². The lowest BCUT2D eigenvalue weighted by Crippen LogP contribution is -2.31. The molecule has 0 radical (unpaired) electrons. The number of carbonyl (C=O) groups is 1. The molecule has 3 rings (SSSR count). The van der Waals surface area contributed by atoms with Gasteiger partial charge in [0, 0.05) is 30.3 Å². The van der Waals surface area contributed by atoms with E-state index in [2.05, 4.69) is 0 Å². The van der Waals surface area contributed by atoms with Crippen LogP contribution in [0.25, 0.3) is 6.08 Å². The molecule has 0 heterocycles. The van der Waals surface area contributed by atoms with Crippen LogP contribution in [0.1, 0.15) is 24.0 Å². The lowest BCUT2D eigenvalue weighted by atomic mass is 10.1. The number of hydrogen-bond donors (Lipinski definition) is 0. The molecular weight excluding hydrogens is 359 g/mol. The Morgan fingerprint density at radius 2 is 2.04 bits per heavy atom. The summed E-state index contributed by atoms with van der Waals surface area (Å²) in [5, 5.41) is 11.0. The Bertz CT molecular complexity index is 881. The number of halogens is 2. The Hall–Kier alpha value is -2.73. The number of rotatable bonds is 6. The summed E-state index contributed by atoms with van der Waals surface area (Å²) >= 11 is 5.78. The molecule has 1 saturated carbocycles. The van der Waals surface area contributed by atoms with Gasteiger partial charge in [-0.25, -0.2) is 4.39 Å². The first-order chi connectivity index (χ1) is 12.5. The van der Waals surface area contributed by atoms with Crippen LogP contribution in [-0.2, 0) is 11.3 Å². The maximum absolute atomic E-state index is 13.9. The van der Waals surface area contributed by atoms with E-state index in [4.69, 9.17) is 11.6 Å². The van der Waals surface area contributed by atoms with E-state index in [1.165, 1.54) is 30.4 Å². The molecule has 0 bridgehead atoms. The van der Waals surface area contributed by atoms with Crippen LogP contribution in [-0.4, -0.2) is 21.8 Å². The van der Waals surface area contributed by atoms with Crippen LogP contribution in [0.3, 0.4) is 0 Å². The first kappa shape index (κ1) is 18.1. The predicted molar refractivity (Wildman–Crippen MR) is 97.1 cm³/mol. The average molecular weight is 375 g/mol. The minimum Gasteiger partial charge on any atom is -0.332 e. The van der Waals surface area contributed by atoms with E-state index in [-0.39, 0.29) is 35.0 Å². The number of carbonyl (C=O) groups excluding carboxylic acids is 1. The molecule has 1 aliphatic rings. The molecule has 0 aliphatic heterocycles. The van der Waals surface area contributed by atoms with Gasteiger partial charge in [0.05, 0.1) is 4.92 Å². The largest absolute Gasteiger partial charge is 0.332 e. The van der Waals surface area contributed by atoms with Gasteiger partial charge in [0.25, 0.3) is 5.69 Å². The summed E-state index contributed by atoms with van der Waals surface area (Å²) in [6.45, 7) is 0.196. The number of nitro groups is 1. The minimum atomic E-state index is -0.573. The zero-order valence-electron chi connectivity index (χ0n) is 13.8. The van der Waals surface area contributed by atoms with Crippen molar-refractivity contribution in [1.29, 1.82) is 0 Å². The molecule has 0 unspecified atom stereocenters. The van der Waals surface area contributed by atoms with Gasteiger partial charge in [-0.2, -0.15) is 0 Å². The highest BCUT2D eigenvalue weighted by Crippen LogP contribution is 2.29. The van der Waals surface area contributed by atoms with Crippen LogP contribution in [0.5, 0.6) is 0 Å². The van der Waals surface area contributed by atoms with Crippen molar-refractivity contribution in [3.8, 4) is 0 Å². The van der Waals surface area contributed by atoms with Gasteiger partial charge in [0.1, 0.15) is 10.8 Å². The molecule has 5 nitrogen and oxygen atoms in total. The summed E-state index contributed by atoms with van der Waals surface area (Å²) in [6, 6.07) is 10.8. The second-order valence-electron chi connectivity index (χ2n) is 6.09. The molecule has 0 aromatic heterocycles. The Kier molecular flexibility index (Phi) is 5.32. The molecule has 1 aliphatic carbocycles. The van der Waals surface area contributed by atoms with Crippen LogP contribution >= 0.6 is 11.6 Å². The van der Waals surface area contributed by atoms with Crippen LogP contribution in [0.2, 0.25) is 5.02 Å². The lowest BCUT2D eigenvalue weighted by molar-refractivity contribution is -0.384. The molecule has 1 fully saturated rings. The zero-order valence-corrected chi connectivity index (χ0v) is 14.5. The van der Waals surface area contributed by atoms with Crippen molar-refractivity contribution >= 4 is 29.3 Å². The summed E-state index contributed by atoms with van der Waals surface area (Å²) in [5.74, 6) is -0.600. The number of amides is 1. The van der Waals surface area contributed by atoms with Gasteiger partial charge in [-0.3, -0.25) is 14.9 Å². The number of nitro benzene ring substituents is 1. The Morgan fingerprint density at radius 1 is 1.31 bits per heavy atom. The van der Waals surface area contributed by atoms with Gasteiger partial charge in [-0.1, -0.05) is 35.9 Å². The predicted octanol–water partition coefficient (Wildman–Crippen LogP) is 4.59. The molecule has 2 aromatic rings. The number of benzene rings is 2. The first-order valence-corrected chi connectivity index (χ1v) is 8.49. The van der Waals surface area contributed by atoms with Gasteiger partial charge in [-0.05, 0) is 36.6 Å². The van der Waals surface area contributed by atoms with Gasteiger partial charge in [0.15, 0.2) is 0 Å². The highest BCUT2D eigenvalue weighted by Gasteiger charge is 2.32. The van der Waals surface area contributed by atoms with Crippen molar-refractivity contribution in [1.82, 2.24) is 4.90 Å². The smallest absolute Gasteiger partial charge is 0.288 e. The second-order valence-corrected chi connectivity index (χ2v) is 6.50. The maximum atomic E-state index is 13.9. The molecule has 0 atom stereocenters. The van der Waals surface area contributed by atoms with E-state index in [0.717, 1.165) is 12.8 Å². The summed E-state index contributed by atoms with van der Waals surface area (Å²) in [4.78, 5) is 24.5. The van der Waals surface area contributed by atoms with Crippen LogP contribution in [0.4, 0.5) is 10.1 Å². The van der Waals surface area contributed by atoms with Crippen LogP contribution in [0, 0.1) is 15.9 Å². The van der Waals surface area contributed by atoms with Crippen LogP contribution in [0.15, 0.2) is 48.5 Å². The third kappa shape index (κ3) is 4.26. The zero-order chi connectivity index (χ0) is 18.7. The third-order valence-corrected chi connectivity index (χ3v) is 4.47. The maximum Gasteiger partial charge on any atom is 0.288 e. The van der Waals surface area contributed by atoms with E-state index < -0.39 is 4.92 Å². The SMILES string of the molecule is O=C(/C=C/c1ccc(Cl)c([N+](=O)[O-])c1)N(Cc1ccccc1F)C1CC1.